The van der Waals surface area contributed by atoms with Gasteiger partial charge in [0.2, 0.25) is 0 Å². The van der Waals surface area contributed by atoms with Gasteiger partial charge in [-0.05, 0) is 43.2 Å². The first-order valence-electron chi connectivity index (χ1n) is 8.17. The Balaban J connectivity index is 2.10. The van der Waals surface area contributed by atoms with Crippen molar-refractivity contribution in [1.82, 2.24) is 0 Å². The fourth-order valence-electron chi connectivity index (χ4n) is 2.87. The van der Waals surface area contributed by atoms with Gasteiger partial charge in [-0.1, -0.05) is 66.2 Å². The molecule has 0 atom stereocenters. The Kier molecular flexibility index (Phi) is 4.91. The summed E-state index contributed by atoms with van der Waals surface area (Å²) in [4.78, 5) is 0.345. The highest BCUT2D eigenvalue weighted by Gasteiger charge is 2.26. The van der Waals surface area contributed by atoms with E-state index >= 15 is 0 Å². The predicted octanol–water partition coefficient (Wildman–Crippen LogP) is 4.70. The molecule has 0 radical (unpaired) electrons. The molecule has 0 aliphatic heterocycles. The van der Waals surface area contributed by atoms with Crippen molar-refractivity contribution in [1.29, 1.82) is 0 Å². The molecule has 0 aliphatic rings. The van der Waals surface area contributed by atoms with Crippen LogP contribution in [0.5, 0.6) is 0 Å². The molecular formula is C21H21NO2S. The largest absolute Gasteiger partial charge is 0.264 e. The maximum Gasteiger partial charge on any atom is 0.264 e. The van der Waals surface area contributed by atoms with Crippen LogP contribution < -0.4 is 4.31 Å². The van der Waals surface area contributed by atoms with E-state index in [1.165, 1.54) is 4.31 Å². The van der Waals surface area contributed by atoms with E-state index in [1.807, 2.05) is 86.6 Å². The van der Waals surface area contributed by atoms with Crippen LogP contribution in [0.3, 0.4) is 0 Å². The van der Waals surface area contributed by atoms with Crippen molar-refractivity contribution >= 4 is 15.7 Å². The molecule has 0 heterocycles. The van der Waals surface area contributed by atoms with Gasteiger partial charge in [-0.25, -0.2) is 8.42 Å². The van der Waals surface area contributed by atoms with Gasteiger partial charge < -0.3 is 0 Å². The third kappa shape index (κ3) is 3.74. The highest BCUT2D eigenvalue weighted by atomic mass is 32.2. The molecule has 3 rings (SSSR count). The minimum absolute atomic E-state index is 0.292. The Bertz CT molecular complexity index is 952. The number of sulfonamides is 1. The number of hydrogen-bond donors (Lipinski definition) is 0. The van der Waals surface area contributed by atoms with Gasteiger partial charge in [-0.15, -0.1) is 0 Å². The maximum atomic E-state index is 13.4. The molecule has 3 nitrogen and oxygen atoms in total. The average molecular weight is 351 g/mol. The molecule has 0 aromatic heterocycles. The molecule has 0 N–H and O–H groups in total. The molecule has 0 spiro atoms. The lowest BCUT2D eigenvalue weighted by Crippen LogP contribution is -2.31. The van der Waals surface area contributed by atoms with Crippen molar-refractivity contribution in [3.63, 3.8) is 0 Å². The zero-order chi connectivity index (χ0) is 17.9. The van der Waals surface area contributed by atoms with E-state index in [-0.39, 0.29) is 0 Å². The molecule has 0 saturated carbocycles. The summed E-state index contributed by atoms with van der Waals surface area (Å²) in [7, 11) is -3.67. The van der Waals surface area contributed by atoms with Gasteiger partial charge in [-0.2, -0.15) is 0 Å². The number of rotatable bonds is 5. The quantitative estimate of drug-likeness (QED) is 0.668. The minimum atomic E-state index is -3.67. The molecular weight excluding hydrogens is 330 g/mol. The summed E-state index contributed by atoms with van der Waals surface area (Å²) in [5.74, 6) is 0. The van der Waals surface area contributed by atoms with Gasteiger partial charge in [0.25, 0.3) is 10.0 Å². The zero-order valence-corrected chi connectivity index (χ0v) is 15.2. The van der Waals surface area contributed by atoms with Gasteiger partial charge in [0.05, 0.1) is 17.1 Å². The number of benzene rings is 3. The first-order chi connectivity index (χ1) is 12.0. The first-order valence-corrected chi connectivity index (χ1v) is 9.61. The van der Waals surface area contributed by atoms with Gasteiger partial charge in [0.1, 0.15) is 0 Å². The van der Waals surface area contributed by atoms with E-state index in [9.17, 15) is 8.42 Å². The van der Waals surface area contributed by atoms with Crippen LogP contribution in [0.15, 0.2) is 83.8 Å². The highest BCUT2D eigenvalue weighted by molar-refractivity contribution is 7.92. The molecule has 128 valence electrons. The number of anilines is 1. The van der Waals surface area contributed by atoms with Crippen LogP contribution in [-0.2, 0) is 16.6 Å². The lowest BCUT2D eigenvalue weighted by atomic mass is 10.2. The molecule has 0 fully saturated rings. The molecule has 0 bridgehead atoms. The highest BCUT2D eigenvalue weighted by Crippen LogP contribution is 2.28. The number of hydrogen-bond acceptors (Lipinski definition) is 2. The van der Waals surface area contributed by atoms with Crippen LogP contribution in [0.25, 0.3) is 0 Å². The number of nitrogens with zero attached hydrogens (tertiary/aromatic N) is 1. The van der Waals surface area contributed by atoms with E-state index in [0.29, 0.717) is 17.1 Å². The summed E-state index contributed by atoms with van der Waals surface area (Å²) >= 11 is 0. The second kappa shape index (κ2) is 7.11. The van der Waals surface area contributed by atoms with E-state index in [1.54, 1.807) is 6.07 Å². The Labute approximate surface area is 149 Å². The Morgan fingerprint density at radius 3 is 2.00 bits per heavy atom. The minimum Gasteiger partial charge on any atom is -0.262 e. The third-order valence-electron chi connectivity index (χ3n) is 4.11. The van der Waals surface area contributed by atoms with Crippen LogP contribution in [0.1, 0.15) is 16.7 Å². The molecule has 25 heavy (non-hydrogen) atoms. The second-order valence-electron chi connectivity index (χ2n) is 6.10. The van der Waals surface area contributed by atoms with Crippen LogP contribution in [-0.4, -0.2) is 8.42 Å². The normalized spacial score (nSPS) is 11.3. The summed E-state index contributed by atoms with van der Waals surface area (Å²) in [6.45, 7) is 4.09. The molecule has 0 amide bonds. The summed E-state index contributed by atoms with van der Waals surface area (Å²) in [6.07, 6.45) is 0. The van der Waals surface area contributed by atoms with E-state index in [0.717, 1.165) is 16.7 Å². The van der Waals surface area contributed by atoms with Gasteiger partial charge in [-0.3, -0.25) is 4.31 Å². The Hall–Kier alpha value is -2.59. The van der Waals surface area contributed by atoms with Gasteiger partial charge in [0, 0.05) is 0 Å². The molecule has 0 aliphatic carbocycles. The topological polar surface area (TPSA) is 37.4 Å². The predicted molar refractivity (Wildman–Crippen MR) is 102 cm³/mol. The summed E-state index contributed by atoms with van der Waals surface area (Å²) < 4.78 is 28.3. The van der Waals surface area contributed by atoms with Crippen LogP contribution in [0.2, 0.25) is 0 Å². The molecule has 3 aromatic rings. The fourth-order valence-corrected chi connectivity index (χ4v) is 4.53. The summed E-state index contributed by atoms with van der Waals surface area (Å²) in [6, 6.07) is 24.3. The van der Waals surface area contributed by atoms with E-state index in [2.05, 4.69) is 0 Å². The van der Waals surface area contributed by atoms with Crippen molar-refractivity contribution in [3.8, 4) is 0 Å². The van der Waals surface area contributed by atoms with Crippen molar-refractivity contribution in [3.05, 3.63) is 95.6 Å². The standard InChI is InChI=1S/C21H21NO2S/c1-17-13-14-21(18(2)15-17)25(23,24)22(20-11-7-4-8-12-20)16-19-9-5-3-6-10-19/h3-15H,16H2,1-2H3. The van der Waals surface area contributed by atoms with Crippen molar-refractivity contribution < 1.29 is 8.42 Å². The average Bonchev–Trinajstić information content (AvgIpc) is 2.61. The van der Waals surface area contributed by atoms with Crippen molar-refractivity contribution in [2.75, 3.05) is 4.31 Å². The van der Waals surface area contributed by atoms with E-state index < -0.39 is 10.0 Å². The lowest BCUT2D eigenvalue weighted by Gasteiger charge is -2.25. The van der Waals surface area contributed by atoms with Crippen LogP contribution in [0.4, 0.5) is 5.69 Å². The van der Waals surface area contributed by atoms with Crippen molar-refractivity contribution in [2.24, 2.45) is 0 Å². The Morgan fingerprint density at radius 2 is 1.40 bits per heavy atom. The lowest BCUT2D eigenvalue weighted by molar-refractivity contribution is 0.590. The Morgan fingerprint density at radius 1 is 0.800 bits per heavy atom. The molecule has 4 heteroatoms. The number of para-hydroxylation sites is 1. The monoisotopic (exact) mass is 351 g/mol. The van der Waals surface area contributed by atoms with Crippen LogP contribution >= 0.6 is 0 Å². The fraction of sp³-hybridized carbons (Fsp3) is 0.143. The molecule has 0 unspecified atom stereocenters. The second-order valence-corrected chi connectivity index (χ2v) is 7.93. The molecule has 0 saturated heterocycles. The van der Waals surface area contributed by atoms with E-state index in [4.69, 9.17) is 0 Å². The SMILES string of the molecule is Cc1ccc(S(=O)(=O)N(Cc2ccccc2)c2ccccc2)c(C)c1. The smallest absolute Gasteiger partial charge is 0.262 e. The maximum absolute atomic E-state index is 13.4. The summed E-state index contributed by atoms with van der Waals surface area (Å²) in [5, 5.41) is 0. The first kappa shape index (κ1) is 17.2. The zero-order valence-electron chi connectivity index (χ0n) is 14.4. The number of aryl methyl sites for hydroxylation is 2. The third-order valence-corrected chi connectivity index (χ3v) is 6.05. The summed E-state index contributed by atoms with van der Waals surface area (Å²) in [5.41, 5.74) is 3.41. The van der Waals surface area contributed by atoms with Gasteiger partial charge >= 0.3 is 0 Å². The van der Waals surface area contributed by atoms with Crippen LogP contribution in [0, 0.1) is 13.8 Å². The molecule has 3 aromatic carbocycles. The van der Waals surface area contributed by atoms with Crippen molar-refractivity contribution in [2.45, 2.75) is 25.3 Å². The van der Waals surface area contributed by atoms with Gasteiger partial charge in [0.15, 0.2) is 0 Å².